The Morgan fingerprint density at radius 2 is 2.11 bits per heavy atom. The van der Waals surface area contributed by atoms with E-state index in [1.54, 1.807) is 24.0 Å². The van der Waals surface area contributed by atoms with Crippen LogP contribution in [0.3, 0.4) is 0 Å². The van der Waals surface area contributed by atoms with Gasteiger partial charge in [0.15, 0.2) is 0 Å². The van der Waals surface area contributed by atoms with E-state index in [9.17, 15) is 14.9 Å². The number of carbonyl (C=O) groups is 1. The monoisotopic (exact) mass is 368 g/mol. The smallest absolute Gasteiger partial charge is 0.309 e. The van der Waals surface area contributed by atoms with Gasteiger partial charge in [0, 0.05) is 6.20 Å². The average Bonchev–Trinajstić information content (AvgIpc) is 3.20. The van der Waals surface area contributed by atoms with Crippen LogP contribution >= 0.6 is 0 Å². The van der Waals surface area contributed by atoms with E-state index >= 15 is 0 Å². The first-order valence-corrected chi connectivity index (χ1v) is 8.42. The lowest BCUT2D eigenvalue weighted by atomic mass is 10.1. The fourth-order valence-electron chi connectivity index (χ4n) is 2.73. The van der Waals surface area contributed by atoms with Crippen molar-refractivity contribution >= 4 is 17.3 Å². The van der Waals surface area contributed by atoms with Crippen molar-refractivity contribution in [3.63, 3.8) is 0 Å². The largest absolute Gasteiger partial charge is 0.322 e. The second-order valence-electron chi connectivity index (χ2n) is 6.42. The standard InChI is InChI=1S/C18H20N6O3/c1-12-5-4-6-15(7-12)9-22-10-16(8-19-22)20-18(25)14(3)23-11-17(24(26)27)13(2)21-23/h4-8,10-11,14H,9H2,1-3H3,(H,20,25). The lowest BCUT2D eigenvalue weighted by Gasteiger charge is -2.11. The summed E-state index contributed by atoms with van der Waals surface area (Å²) in [5, 5.41) is 22.0. The van der Waals surface area contributed by atoms with Crippen molar-refractivity contribution in [2.24, 2.45) is 0 Å². The molecule has 0 fully saturated rings. The molecule has 1 amide bonds. The van der Waals surface area contributed by atoms with Crippen molar-refractivity contribution in [2.75, 3.05) is 5.32 Å². The minimum Gasteiger partial charge on any atom is -0.322 e. The Labute approximate surface area is 155 Å². The molecule has 0 aliphatic heterocycles. The first-order valence-electron chi connectivity index (χ1n) is 8.42. The van der Waals surface area contributed by atoms with Crippen molar-refractivity contribution in [1.82, 2.24) is 19.6 Å². The van der Waals surface area contributed by atoms with E-state index in [4.69, 9.17) is 0 Å². The van der Waals surface area contributed by atoms with Crippen molar-refractivity contribution < 1.29 is 9.72 Å². The third-order valence-electron chi connectivity index (χ3n) is 4.19. The van der Waals surface area contributed by atoms with Crippen LogP contribution in [0.2, 0.25) is 0 Å². The Hall–Kier alpha value is -3.49. The Kier molecular flexibility index (Phi) is 5.02. The van der Waals surface area contributed by atoms with E-state index in [0.717, 1.165) is 5.56 Å². The zero-order valence-electron chi connectivity index (χ0n) is 15.3. The van der Waals surface area contributed by atoms with E-state index in [0.29, 0.717) is 12.2 Å². The number of nitrogens with one attached hydrogen (secondary N) is 1. The molecule has 9 heteroatoms. The van der Waals surface area contributed by atoms with Gasteiger partial charge in [0.25, 0.3) is 0 Å². The second-order valence-corrected chi connectivity index (χ2v) is 6.42. The summed E-state index contributed by atoms with van der Waals surface area (Å²) in [6.07, 6.45) is 4.57. The minimum atomic E-state index is -0.697. The zero-order chi connectivity index (χ0) is 19.6. The molecule has 3 aromatic rings. The summed E-state index contributed by atoms with van der Waals surface area (Å²) in [7, 11) is 0. The van der Waals surface area contributed by atoms with Gasteiger partial charge in [0.1, 0.15) is 17.9 Å². The van der Waals surface area contributed by atoms with Crippen molar-refractivity contribution in [3.8, 4) is 0 Å². The Balaban J connectivity index is 1.66. The molecule has 1 unspecified atom stereocenters. The molecule has 0 saturated carbocycles. The molecule has 0 bridgehead atoms. The topological polar surface area (TPSA) is 108 Å². The average molecular weight is 368 g/mol. The first kappa shape index (κ1) is 18.3. The molecule has 3 rings (SSSR count). The van der Waals surface area contributed by atoms with Crippen LogP contribution in [-0.4, -0.2) is 30.4 Å². The van der Waals surface area contributed by atoms with E-state index in [2.05, 4.69) is 21.6 Å². The van der Waals surface area contributed by atoms with Crippen LogP contribution in [0.25, 0.3) is 0 Å². The van der Waals surface area contributed by atoms with Crippen LogP contribution in [0, 0.1) is 24.0 Å². The number of anilines is 1. The van der Waals surface area contributed by atoms with Gasteiger partial charge in [-0.25, -0.2) is 0 Å². The Bertz CT molecular complexity index is 991. The van der Waals surface area contributed by atoms with Crippen LogP contribution in [0.5, 0.6) is 0 Å². The maximum Gasteiger partial charge on any atom is 0.309 e. The van der Waals surface area contributed by atoms with Gasteiger partial charge >= 0.3 is 5.69 Å². The first-order chi connectivity index (χ1) is 12.8. The highest BCUT2D eigenvalue weighted by Crippen LogP contribution is 2.19. The van der Waals surface area contributed by atoms with Crippen LogP contribution < -0.4 is 5.32 Å². The van der Waals surface area contributed by atoms with Crippen molar-refractivity contribution in [3.05, 3.63) is 69.8 Å². The normalized spacial score (nSPS) is 12.0. The van der Waals surface area contributed by atoms with Crippen LogP contribution in [-0.2, 0) is 11.3 Å². The summed E-state index contributed by atoms with van der Waals surface area (Å²) in [6.45, 7) is 5.79. The summed E-state index contributed by atoms with van der Waals surface area (Å²) >= 11 is 0. The molecule has 1 N–H and O–H groups in total. The summed E-state index contributed by atoms with van der Waals surface area (Å²) < 4.78 is 3.03. The fraction of sp³-hybridized carbons (Fsp3) is 0.278. The molecule has 1 aromatic carbocycles. The fourth-order valence-corrected chi connectivity index (χ4v) is 2.73. The van der Waals surface area contributed by atoms with E-state index in [-0.39, 0.29) is 17.3 Å². The predicted molar refractivity (Wildman–Crippen MR) is 99.5 cm³/mol. The summed E-state index contributed by atoms with van der Waals surface area (Å²) in [4.78, 5) is 22.9. The number of benzene rings is 1. The third kappa shape index (κ3) is 4.20. The molecule has 0 spiro atoms. The van der Waals surface area contributed by atoms with Gasteiger partial charge < -0.3 is 5.32 Å². The summed E-state index contributed by atoms with van der Waals surface area (Å²) in [5.74, 6) is -0.331. The van der Waals surface area contributed by atoms with E-state index in [1.165, 1.54) is 23.4 Å². The highest BCUT2D eigenvalue weighted by atomic mass is 16.6. The number of amides is 1. The highest BCUT2D eigenvalue weighted by Gasteiger charge is 2.22. The highest BCUT2D eigenvalue weighted by molar-refractivity contribution is 5.93. The maximum absolute atomic E-state index is 12.4. The predicted octanol–water partition coefficient (Wildman–Crippen LogP) is 2.85. The molecule has 0 aliphatic carbocycles. The number of aromatic nitrogens is 4. The summed E-state index contributed by atoms with van der Waals surface area (Å²) in [5.41, 5.74) is 3.00. The van der Waals surface area contributed by atoms with Gasteiger partial charge in [-0.3, -0.25) is 24.3 Å². The molecule has 0 radical (unpaired) electrons. The maximum atomic E-state index is 12.4. The molecule has 27 heavy (non-hydrogen) atoms. The lowest BCUT2D eigenvalue weighted by Crippen LogP contribution is -2.24. The SMILES string of the molecule is Cc1cccc(Cn2cc(NC(=O)C(C)n3cc([N+](=O)[O-])c(C)n3)cn2)c1. The molecule has 0 aliphatic rings. The number of nitro groups is 1. The quantitative estimate of drug-likeness (QED) is 0.532. The molecule has 9 nitrogen and oxygen atoms in total. The van der Waals surface area contributed by atoms with Gasteiger partial charge in [-0.05, 0) is 26.3 Å². The van der Waals surface area contributed by atoms with Crippen molar-refractivity contribution in [1.29, 1.82) is 0 Å². The minimum absolute atomic E-state index is 0.111. The Morgan fingerprint density at radius 3 is 2.78 bits per heavy atom. The molecule has 140 valence electrons. The molecular formula is C18H20N6O3. The van der Waals surface area contributed by atoms with Gasteiger partial charge in [-0.15, -0.1) is 0 Å². The van der Waals surface area contributed by atoms with Crippen LogP contribution in [0.4, 0.5) is 11.4 Å². The number of rotatable bonds is 6. The van der Waals surface area contributed by atoms with Gasteiger partial charge in [-0.2, -0.15) is 10.2 Å². The van der Waals surface area contributed by atoms with E-state index < -0.39 is 11.0 Å². The van der Waals surface area contributed by atoms with Crippen LogP contribution in [0.15, 0.2) is 42.9 Å². The van der Waals surface area contributed by atoms with E-state index in [1.807, 2.05) is 25.1 Å². The number of nitrogens with zero attached hydrogens (tertiary/aromatic N) is 5. The molecule has 0 saturated heterocycles. The molecule has 2 aromatic heterocycles. The lowest BCUT2D eigenvalue weighted by molar-refractivity contribution is -0.385. The molecular weight excluding hydrogens is 348 g/mol. The zero-order valence-corrected chi connectivity index (χ0v) is 15.3. The number of aryl methyl sites for hydroxylation is 2. The van der Waals surface area contributed by atoms with Crippen LogP contribution in [0.1, 0.15) is 29.8 Å². The second kappa shape index (κ2) is 7.40. The number of hydrogen-bond acceptors (Lipinski definition) is 5. The van der Waals surface area contributed by atoms with Gasteiger partial charge in [0.2, 0.25) is 5.91 Å². The number of hydrogen-bond donors (Lipinski definition) is 1. The summed E-state index contributed by atoms with van der Waals surface area (Å²) in [6, 6.07) is 7.42. The molecule has 1 atom stereocenters. The van der Waals surface area contributed by atoms with Gasteiger partial charge in [0.05, 0.1) is 23.4 Å². The Morgan fingerprint density at radius 1 is 1.33 bits per heavy atom. The van der Waals surface area contributed by atoms with Gasteiger partial charge in [-0.1, -0.05) is 29.8 Å². The molecule has 2 heterocycles. The van der Waals surface area contributed by atoms with Crippen molar-refractivity contribution in [2.45, 2.75) is 33.4 Å². The number of carbonyl (C=O) groups excluding carboxylic acids is 1. The third-order valence-corrected chi connectivity index (χ3v) is 4.19.